The van der Waals surface area contributed by atoms with Crippen LogP contribution in [0.3, 0.4) is 0 Å². The molecule has 5 N–H and O–H groups in total. The van der Waals surface area contributed by atoms with E-state index in [0.717, 1.165) is 91.9 Å². The first-order valence-electron chi connectivity index (χ1n) is 22.0. The number of benzene rings is 2. The van der Waals surface area contributed by atoms with Gasteiger partial charge in [0.2, 0.25) is 24.2 Å². The van der Waals surface area contributed by atoms with E-state index in [9.17, 15) is 23.4 Å². The lowest BCUT2D eigenvalue weighted by Gasteiger charge is -2.45. The lowest BCUT2D eigenvalue weighted by Crippen LogP contribution is -2.41. The number of piperidine rings is 2. The summed E-state index contributed by atoms with van der Waals surface area (Å²) in [7, 11) is -1.36. The summed E-state index contributed by atoms with van der Waals surface area (Å²) in [6.45, 7) is 6.52. The minimum atomic E-state index is -1.36. The van der Waals surface area contributed by atoms with Crippen molar-refractivity contribution < 1.29 is 27.8 Å². The number of rotatable bonds is 13. The Morgan fingerprint density at radius 2 is 1.73 bits per heavy atom. The van der Waals surface area contributed by atoms with Crippen LogP contribution >= 0.6 is 11.3 Å². The van der Waals surface area contributed by atoms with Gasteiger partial charge in [0.1, 0.15) is 11.0 Å². The third-order valence-corrected chi connectivity index (χ3v) is 14.6. The van der Waals surface area contributed by atoms with Crippen molar-refractivity contribution in [3.05, 3.63) is 76.2 Å². The summed E-state index contributed by atoms with van der Waals surface area (Å²) in [5.74, 6) is 0.194. The fourth-order valence-electron chi connectivity index (χ4n) is 8.46. The van der Waals surface area contributed by atoms with Crippen molar-refractivity contribution in [2.24, 2.45) is 5.41 Å². The minimum absolute atomic E-state index is 0.0883. The number of carbonyl (C=O) groups is 4. The number of nitrogens with two attached hydrogens (primary N) is 1. The van der Waals surface area contributed by atoms with Crippen LogP contribution in [0.1, 0.15) is 136 Å². The maximum Gasteiger partial charge on any atom is 0.251 e. The van der Waals surface area contributed by atoms with Crippen LogP contribution in [0.15, 0.2) is 48.7 Å². The second-order valence-corrected chi connectivity index (χ2v) is 18.9. The number of carbonyl (C=O) groups excluding carboxylic acids is 4. The fraction of sp³-hybridized carbons (Fsp3) is 0.500. The van der Waals surface area contributed by atoms with E-state index >= 15 is 4.39 Å². The predicted molar refractivity (Wildman–Crippen MR) is 243 cm³/mol. The van der Waals surface area contributed by atoms with Crippen LogP contribution in [-0.4, -0.2) is 67.0 Å². The SMILES string of the molecule is CCCCCCc1ccc2c(c1)C(=O)NC2.CCCS(=O)Nc1cccc(-c2nc(C3CCC4(CC3)CCN(C=O)CC4)sc2-c2ccnc(N)n2)c1F.O=C1CCCC(=O)N1. The van der Waals surface area contributed by atoms with Crippen LogP contribution in [0.4, 0.5) is 16.0 Å². The first-order chi connectivity index (χ1) is 30.0. The van der Waals surface area contributed by atoms with Crippen molar-refractivity contribution in [1.29, 1.82) is 0 Å². The Hall–Kier alpha value is -5.09. The number of halogens is 1. The van der Waals surface area contributed by atoms with Crippen molar-refractivity contribution in [3.63, 3.8) is 0 Å². The van der Waals surface area contributed by atoms with Crippen molar-refractivity contribution in [2.45, 2.75) is 123 Å². The highest BCUT2D eigenvalue weighted by Crippen LogP contribution is 2.51. The molecule has 4 aromatic rings. The summed E-state index contributed by atoms with van der Waals surface area (Å²) >= 11 is 1.54. The summed E-state index contributed by atoms with van der Waals surface area (Å²) in [6.07, 6.45) is 17.6. The lowest BCUT2D eigenvalue weighted by atomic mass is 9.65. The second-order valence-electron chi connectivity index (χ2n) is 16.6. The second kappa shape index (κ2) is 22.3. The van der Waals surface area contributed by atoms with Gasteiger partial charge in [-0.3, -0.25) is 24.5 Å². The zero-order valence-electron chi connectivity index (χ0n) is 35.8. The van der Waals surface area contributed by atoms with E-state index in [1.165, 1.54) is 42.6 Å². The molecule has 1 atom stereocenters. The van der Waals surface area contributed by atoms with E-state index < -0.39 is 16.8 Å². The Labute approximate surface area is 370 Å². The third-order valence-electron chi connectivity index (χ3n) is 12.1. The van der Waals surface area contributed by atoms with Crippen molar-refractivity contribution in [1.82, 2.24) is 30.5 Å². The molecule has 0 radical (unpaired) electrons. The summed E-state index contributed by atoms with van der Waals surface area (Å²) in [5, 5.41) is 6.02. The molecule has 8 rings (SSSR count). The van der Waals surface area contributed by atoms with Gasteiger partial charge < -0.3 is 20.7 Å². The standard InChI is InChI=1S/C27H33FN6O2S2.C14H19NO.C5H7NO2/c1-2-16-38(36)33-20-5-3-4-19(22(20)28)23-24(21-8-13-30-26(29)31-21)37-25(32-23)18-6-9-27(10-7-18)11-14-34(17-35)15-12-27;1-2-3-4-5-6-11-7-8-12-10-15-14(16)13(12)9-11;7-4-2-1-3-5(8)6-4/h3-5,8,13,17-18,33H,2,6-7,9-12,14-16H2,1H3,(H2,29,30,31);7-9H,2-6,10H2,1H3,(H,15,16);1-3H2,(H,6,7,8). The Balaban J connectivity index is 0.000000217. The number of likely N-dealkylation sites (tertiary alicyclic amines) is 1. The number of nitrogens with zero attached hydrogens (tertiary/aromatic N) is 4. The molecule has 2 aromatic carbocycles. The Bertz CT molecular complexity index is 2200. The maximum absolute atomic E-state index is 15.8. The largest absolute Gasteiger partial charge is 0.368 e. The molecule has 4 amide bonds. The van der Waals surface area contributed by atoms with Crippen molar-refractivity contribution >= 4 is 58.1 Å². The van der Waals surface area contributed by atoms with E-state index in [1.807, 2.05) is 11.8 Å². The van der Waals surface area contributed by atoms with Gasteiger partial charge in [-0.15, -0.1) is 11.3 Å². The van der Waals surface area contributed by atoms with Crippen molar-refractivity contribution in [2.75, 3.05) is 29.3 Å². The number of amides is 4. The smallest absolute Gasteiger partial charge is 0.251 e. The zero-order valence-corrected chi connectivity index (χ0v) is 37.4. The summed E-state index contributed by atoms with van der Waals surface area (Å²) in [4.78, 5) is 59.4. The molecule has 2 saturated heterocycles. The van der Waals surface area contributed by atoms with Gasteiger partial charge in [0.05, 0.1) is 27.0 Å². The normalized spacial score (nSPS) is 17.5. The van der Waals surface area contributed by atoms with Gasteiger partial charge in [-0.05, 0) is 105 Å². The molecule has 1 aliphatic carbocycles. The number of nitrogen functional groups attached to an aromatic ring is 1. The van der Waals surface area contributed by atoms with Gasteiger partial charge in [0.15, 0.2) is 5.82 Å². The molecule has 4 aliphatic rings. The van der Waals surface area contributed by atoms with Gasteiger partial charge in [0, 0.05) is 61.5 Å². The van der Waals surface area contributed by atoms with Crippen molar-refractivity contribution in [3.8, 4) is 21.8 Å². The summed E-state index contributed by atoms with van der Waals surface area (Å²) in [6, 6.07) is 13.1. The number of imide groups is 1. The Morgan fingerprint density at radius 1 is 0.968 bits per heavy atom. The van der Waals surface area contributed by atoms with Crippen LogP contribution in [0.2, 0.25) is 0 Å². The first-order valence-corrected chi connectivity index (χ1v) is 24.1. The average Bonchev–Trinajstić information content (AvgIpc) is 3.88. The van der Waals surface area contributed by atoms with Gasteiger partial charge in [-0.1, -0.05) is 51.3 Å². The molecule has 1 unspecified atom stereocenters. The summed E-state index contributed by atoms with van der Waals surface area (Å²) < 4.78 is 30.8. The molecule has 2 aromatic heterocycles. The van der Waals surface area contributed by atoms with Crippen LogP contribution in [0.5, 0.6) is 0 Å². The van der Waals surface area contributed by atoms with Gasteiger partial charge in [0.25, 0.3) is 5.91 Å². The molecular weight excluding hydrogens is 828 g/mol. The van der Waals surface area contributed by atoms with Gasteiger partial charge in [-0.2, -0.15) is 0 Å². The summed E-state index contributed by atoms with van der Waals surface area (Å²) in [5.41, 5.74) is 11.2. The number of fused-ring (bicyclic) bond motifs is 1. The van der Waals surface area contributed by atoms with E-state index in [1.54, 1.807) is 30.5 Å². The lowest BCUT2D eigenvalue weighted by molar-refractivity contribution is -0.133. The molecule has 13 nitrogen and oxygen atoms in total. The predicted octanol–water partition coefficient (Wildman–Crippen LogP) is 8.24. The number of aryl methyl sites for hydroxylation is 1. The molecule has 0 bridgehead atoms. The number of anilines is 2. The first kappa shape index (κ1) is 46.4. The molecular formula is C46H59FN8O5S2. The fourth-order valence-corrected chi connectivity index (χ4v) is 10.6. The van der Waals surface area contributed by atoms with E-state index in [2.05, 4.69) is 50.4 Å². The Morgan fingerprint density at radius 3 is 2.39 bits per heavy atom. The molecule has 1 saturated carbocycles. The van der Waals surface area contributed by atoms with Gasteiger partial charge >= 0.3 is 0 Å². The molecule has 1 spiro atoms. The molecule has 3 fully saturated rings. The molecule has 5 heterocycles. The van der Waals surface area contributed by atoms with E-state index in [-0.39, 0.29) is 35.3 Å². The number of unbranched alkanes of at least 4 members (excludes halogenated alkanes) is 3. The van der Waals surface area contributed by atoms with Crippen LogP contribution < -0.4 is 21.1 Å². The number of nitrogens with one attached hydrogen (secondary N) is 3. The highest BCUT2D eigenvalue weighted by atomic mass is 32.2. The minimum Gasteiger partial charge on any atom is -0.368 e. The number of hydrogen-bond acceptors (Lipinski definition) is 10. The molecule has 62 heavy (non-hydrogen) atoms. The van der Waals surface area contributed by atoms with Crippen LogP contribution in [0.25, 0.3) is 21.8 Å². The monoisotopic (exact) mass is 886 g/mol. The van der Waals surface area contributed by atoms with Crippen LogP contribution in [-0.2, 0) is 38.3 Å². The number of hydrogen-bond donors (Lipinski definition) is 4. The zero-order chi connectivity index (χ0) is 44.1. The Kier molecular flexibility index (Phi) is 16.7. The topological polar surface area (TPSA) is 189 Å². The molecule has 16 heteroatoms. The van der Waals surface area contributed by atoms with Crippen LogP contribution in [0, 0.1) is 11.2 Å². The highest BCUT2D eigenvalue weighted by Gasteiger charge is 2.39. The third kappa shape index (κ3) is 12.3. The molecule has 3 aliphatic heterocycles. The van der Waals surface area contributed by atoms with Gasteiger partial charge in [-0.25, -0.2) is 23.6 Å². The molecule has 332 valence electrons. The number of aromatic nitrogens is 3. The average molecular weight is 887 g/mol. The quantitative estimate of drug-likeness (QED) is 0.0582. The number of thiazole rings is 1. The van der Waals surface area contributed by atoms with E-state index in [0.29, 0.717) is 53.9 Å². The van der Waals surface area contributed by atoms with E-state index in [4.69, 9.17) is 10.7 Å². The maximum atomic E-state index is 15.8. The highest BCUT2D eigenvalue weighted by molar-refractivity contribution is 7.86.